The van der Waals surface area contributed by atoms with Crippen LogP contribution in [-0.4, -0.2) is 43.1 Å². The van der Waals surface area contributed by atoms with Gasteiger partial charge in [-0.2, -0.15) is 23.4 Å². The maximum Gasteiger partial charge on any atom is 0.420 e. The van der Waals surface area contributed by atoms with E-state index in [-0.39, 0.29) is 11.1 Å². The van der Waals surface area contributed by atoms with Crippen molar-refractivity contribution in [2.45, 2.75) is 40.0 Å². The molecule has 0 aromatic carbocycles. The maximum atomic E-state index is 13.7. The first-order valence-corrected chi connectivity index (χ1v) is 11.5. The molecule has 0 aliphatic carbocycles. The van der Waals surface area contributed by atoms with Crippen LogP contribution in [0.3, 0.4) is 0 Å². The highest BCUT2D eigenvalue weighted by Crippen LogP contribution is 2.43. The van der Waals surface area contributed by atoms with Gasteiger partial charge >= 0.3 is 12.2 Å². The van der Waals surface area contributed by atoms with Crippen LogP contribution in [0.4, 0.5) is 29.3 Å². The molecule has 2 N–H and O–H groups in total. The fourth-order valence-corrected chi connectivity index (χ4v) is 4.55. The van der Waals surface area contributed by atoms with Crippen molar-refractivity contribution in [3.05, 3.63) is 47.0 Å². The number of nitrogens with one attached hydrogen (secondary N) is 2. The molecular formula is C22H23F3N8O2S. The van der Waals surface area contributed by atoms with Crippen LogP contribution in [-0.2, 0) is 10.9 Å². The van der Waals surface area contributed by atoms with Crippen LogP contribution in [0.2, 0.25) is 0 Å². The summed E-state index contributed by atoms with van der Waals surface area (Å²) in [7, 11) is 1.56. The molecule has 190 valence electrons. The van der Waals surface area contributed by atoms with Gasteiger partial charge in [0.2, 0.25) is 0 Å². The molecule has 1 atom stereocenters. The first kappa shape index (κ1) is 25.4. The van der Waals surface area contributed by atoms with E-state index in [9.17, 15) is 18.0 Å². The predicted octanol–water partition coefficient (Wildman–Crippen LogP) is 5.37. The molecule has 0 saturated carbocycles. The number of carbonyl (C=O) groups is 1. The summed E-state index contributed by atoms with van der Waals surface area (Å²) in [5, 5.41) is 13.3. The Hall–Kier alpha value is -3.65. The summed E-state index contributed by atoms with van der Waals surface area (Å²) in [6.07, 6.45) is -0.172. The van der Waals surface area contributed by atoms with E-state index in [0.29, 0.717) is 21.6 Å². The van der Waals surface area contributed by atoms with Crippen molar-refractivity contribution in [1.29, 1.82) is 0 Å². The summed E-state index contributed by atoms with van der Waals surface area (Å²) in [6.45, 7) is 7.80. The number of pyridine rings is 2. The lowest BCUT2D eigenvalue weighted by Crippen LogP contribution is -2.25. The zero-order valence-corrected chi connectivity index (χ0v) is 20.8. The molecule has 0 aliphatic rings. The average Bonchev–Trinajstić information content (AvgIpc) is 3.43. The van der Waals surface area contributed by atoms with Gasteiger partial charge < -0.3 is 15.4 Å². The van der Waals surface area contributed by atoms with Crippen LogP contribution in [0.25, 0.3) is 16.2 Å². The second-order valence-corrected chi connectivity index (χ2v) is 10.1. The number of methoxy groups -OCH3 is 1. The minimum absolute atomic E-state index is 0.171. The number of hydrogen-bond donors (Lipinski definition) is 2. The highest BCUT2D eigenvalue weighted by molar-refractivity contribution is 7.18. The Kier molecular flexibility index (Phi) is 6.66. The summed E-state index contributed by atoms with van der Waals surface area (Å²) in [5.74, 6) is -0.512. The number of amides is 2. The highest BCUT2D eigenvalue weighted by Gasteiger charge is 2.36. The Labute approximate surface area is 207 Å². The highest BCUT2D eigenvalue weighted by atomic mass is 32.1. The van der Waals surface area contributed by atoms with Crippen molar-refractivity contribution in [2.24, 2.45) is 5.41 Å². The summed E-state index contributed by atoms with van der Waals surface area (Å²) in [5.41, 5.74) is -0.0957. The maximum absolute atomic E-state index is 13.7. The van der Waals surface area contributed by atoms with Gasteiger partial charge in [0.1, 0.15) is 15.9 Å². The predicted molar refractivity (Wildman–Crippen MR) is 128 cm³/mol. The Bertz CT molecular complexity index is 1400. The number of anilines is 2. The molecule has 4 aromatic rings. The van der Waals surface area contributed by atoms with Crippen LogP contribution < -0.4 is 10.6 Å². The Balaban J connectivity index is 1.67. The molecule has 36 heavy (non-hydrogen) atoms. The summed E-state index contributed by atoms with van der Waals surface area (Å²) < 4.78 is 46.8. The molecule has 4 aromatic heterocycles. The molecule has 2 amide bonds. The van der Waals surface area contributed by atoms with Crippen LogP contribution in [0, 0.1) is 12.3 Å². The fraction of sp³-hybridized carbons (Fsp3) is 0.364. The van der Waals surface area contributed by atoms with Crippen LogP contribution in [0.15, 0.2) is 30.9 Å². The molecule has 0 radical (unpaired) electrons. The third-order valence-corrected chi connectivity index (χ3v) is 6.02. The number of fused-ring (bicyclic) bond motifs is 1. The molecule has 4 heterocycles. The lowest BCUT2D eigenvalue weighted by atomic mass is 9.84. The van der Waals surface area contributed by atoms with Crippen molar-refractivity contribution in [2.75, 3.05) is 17.7 Å². The number of hydrogen-bond acceptors (Lipinski definition) is 8. The molecule has 14 heteroatoms. The Morgan fingerprint density at radius 2 is 1.81 bits per heavy atom. The number of alkyl halides is 3. The number of aryl methyl sites for hydroxylation is 1. The number of nitrogens with zero attached hydrogens (tertiary/aromatic N) is 6. The molecule has 0 bridgehead atoms. The van der Waals surface area contributed by atoms with Gasteiger partial charge in [0.15, 0.2) is 5.82 Å². The zero-order chi connectivity index (χ0) is 26.3. The summed E-state index contributed by atoms with van der Waals surface area (Å²) in [6, 6.07) is -0.0159. The molecular weight excluding hydrogens is 497 g/mol. The first-order valence-electron chi connectivity index (χ1n) is 10.7. The number of halogens is 3. The van der Waals surface area contributed by atoms with Crippen molar-refractivity contribution in [3.63, 3.8) is 0 Å². The fourth-order valence-electron chi connectivity index (χ4n) is 3.77. The quantitative estimate of drug-likeness (QED) is 0.363. The number of aromatic nitrogens is 6. The van der Waals surface area contributed by atoms with Crippen LogP contribution in [0.1, 0.15) is 43.0 Å². The van der Waals surface area contributed by atoms with Crippen LogP contribution >= 0.6 is 11.3 Å². The molecule has 4 rings (SSSR count). The normalized spacial score (nSPS) is 13.1. The van der Waals surface area contributed by atoms with E-state index in [0.717, 1.165) is 22.1 Å². The van der Waals surface area contributed by atoms with Gasteiger partial charge in [-0.05, 0) is 18.4 Å². The average molecular weight is 521 g/mol. The van der Waals surface area contributed by atoms with E-state index < -0.39 is 29.7 Å². The van der Waals surface area contributed by atoms with E-state index in [1.807, 2.05) is 27.7 Å². The number of rotatable bonds is 5. The SMILES string of the molecule is COC(c1c(NC(=O)Nc2cnc(-n3nccn3)c(C(F)(F)F)c2)cnc2sc(C)nc12)C(C)(C)C. The van der Waals surface area contributed by atoms with Crippen molar-refractivity contribution in [3.8, 4) is 5.82 Å². The van der Waals surface area contributed by atoms with Gasteiger partial charge in [-0.15, -0.1) is 4.80 Å². The number of ether oxygens (including phenoxy) is 1. The monoisotopic (exact) mass is 520 g/mol. The second kappa shape index (κ2) is 9.43. The minimum Gasteiger partial charge on any atom is -0.376 e. The summed E-state index contributed by atoms with van der Waals surface area (Å²) >= 11 is 1.41. The van der Waals surface area contributed by atoms with Gasteiger partial charge in [-0.1, -0.05) is 32.1 Å². The molecule has 0 spiro atoms. The van der Waals surface area contributed by atoms with Gasteiger partial charge in [0.05, 0.1) is 47.3 Å². The molecule has 1 unspecified atom stereocenters. The van der Waals surface area contributed by atoms with Gasteiger partial charge in [-0.25, -0.2) is 19.7 Å². The third-order valence-electron chi connectivity index (χ3n) is 5.14. The minimum atomic E-state index is -4.76. The van der Waals surface area contributed by atoms with Gasteiger partial charge in [0, 0.05) is 12.7 Å². The summed E-state index contributed by atoms with van der Waals surface area (Å²) in [4.78, 5) is 27.1. The van der Waals surface area contributed by atoms with Crippen molar-refractivity contribution >= 4 is 39.1 Å². The topological polar surface area (TPSA) is 120 Å². The van der Waals surface area contributed by atoms with Gasteiger partial charge in [-0.3, -0.25) is 0 Å². The van der Waals surface area contributed by atoms with Gasteiger partial charge in [0.25, 0.3) is 0 Å². The number of urea groups is 1. The lowest BCUT2D eigenvalue weighted by Gasteiger charge is -2.31. The molecule has 0 saturated heterocycles. The lowest BCUT2D eigenvalue weighted by molar-refractivity contribution is -0.137. The number of thiazole rings is 1. The van der Waals surface area contributed by atoms with E-state index in [1.165, 1.54) is 29.9 Å². The smallest absolute Gasteiger partial charge is 0.376 e. The van der Waals surface area contributed by atoms with Crippen LogP contribution in [0.5, 0.6) is 0 Å². The Morgan fingerprint density at radius 1 is 1.11 bits per heavy atom. The standard InChI is InChI=1S/C22H23F3N8O2S/c1-11-30-16-15(17(35-5)21(2,3)4)14(10-27-19(16)36-11)32-20(34)31-12-8-13(22(23,24)25)18(26-9-12)33-28-6-7-29-33/h6-10,17H,1-5H3,(H2,31,32,34). The van der Waals surface area contributed by atoms with Crippen molar-refractivity contribution < 1.29 is 22.7 Å². The van der Waals surface area contributed by atoms with E-state index in [2.05, 4.69) is 35.8 Å². The number of carbonyl (C=O) groups excluding carboxylic acids is 1. The molecule has 10 nitrogen and oxygen atoms in total. The molecule has 0 aliphatic heterocycles. The molecule has 0 fully saturated rings. The second-order valence-electron chi connectivity index (χ2n) is 8.94. The zero-order valence-electron chi connectivity index (χ0n) is 20.0. The Morgan fingerprint density at radius 3 is 2.42 bits per heavy atom. The third kappa shape index (κ3) is 5.14. The first-order chi connectivity index (χ1) is 16.9. The van der Waals surface area contributed by atoms with E-state index in [4.69, 9.17) is 4.74 Å². The van der Waals surface area contributed by atoms with Crippen molar-refractivity contribution in [1.82, 2.24) is 29.9 Å². The van der Waals surface area contributed by atoms with E-state index in [1.54, 1.807) is 7.11 Å². The largest absolute Gasteiger partial charge is 0.420 e. The van der Waals surface area contributed by atoms with E-state index >= 15 is 0 Å².